The first-order chi connectivity index (χ1) is 6.97. The molecule has 0 fully saturated rings. The van der Waals surface area contributed by atoms with E-state index < -0.39 is 0 Å². The average molecular weight is 210 g/mol. The second-order valence-corrected chi connectivity index (χ2v) is 3.57. The molecule has 0 aliphatic heterocycles. The van der Waals surface area contributed by atoms with Crippen LogP contribution < -0.4 is 4.74 Å². The molecule has 1 aromatic rings. The molecule has 0 amide bonds. The largest absolute Gasteiger partial charge is 0.504 e. The molecule has 0 heterocycles. The van der Waals surface area contributed by atoms with Crippen LogP contribution in [0.4, 0.5) is 0 Å². The molecule has 0 saturated heterocycles. The van der Waals surface area contributed by atoms with E-state index in [9.17, 15) is 15.0 Å². The number of carbonyl (C=O) groups excluding carboxylic acids is 1. The predicted molar refractivity (Wildman–Crippen MR) is 55.5 cm³/mol. The van der Waals surface area contributed by atoms with Crippen LogP contribution in [-0.4, -0.2) is 23.1 Å². The first kappa shape index (κ1) is 11.4. The monoisotopic (exact) mass is 210 g/mol. The Kier molecular flexibility index (Phi) is 3.19. The van der Waals surface area contributed by atoms with Gasteiger partial charge in [0.1, 0.15) is 0 Å². The average Bonchev–Trinajstić information content (AvgIpc) is 2.15. The molecule has 0 bridgehead atoms. The molecule has 15 heavy (non-hydrogen) atoms. The highest BCUT2D eigenvalue weighted by atomic mass is 16.5. The van der Waals surface area contributed by atoms with Crippen LogP contribution in [0.3, 0.4) is 0 Å². The summed E-state index contributed by atoms with van der Waals surface area (Å²) in [5.74, 6) is -0.807. The number of ether oxygens (including phenoxy) is 1. The van der Waals surface area contributed by atoms with E-state index in [2.05, 4.69) is 0 Å². The second kappa shape index (κ2) is 4.21. The SMILES string of the molecule is COc1c(O)cc(C(=O)C(C)C)cc1O. The van der Waals surface area contributed by atoms with Crippen molar-refractivity contribution in [2.75, 3.05) is 7.11 Å². The molecule has 1 aromatic carbocycles. The third-order valence-corrected chi connectivity index (χ3v) is 2.06. The molecule has 0 saturated carbocycles. The number of Topliss-reactive ketones (excluding diaryl/α,β-unsaturated/α-hetero) is 1. The summed E-state index contributed by atoms with van der Waals surface area (Å²) in [5.41, 5.74) is 0.279. The Bertz CT molecular complexity index is 359. The predicted octanol–water partition coefficient (Wildman–Crippen LogP) is 1.95. The summed E-state index contributed by atoms with van der Waals surface area (Å²) in [4.78, 5) is 11.6. The minimum absolute atomic E-state index is 0.0182. The molecule has 0 aliphatic carbocycles. The van der Waals surface area contributed by atoms with Gasteiger partial charge in [-0.2, -0.15) is 0 Å². The van der Waals surface area contributed by atoms with Crippen molar-refractivity contribution in [3.05, 3.63) is 17.7 Å². The fraction of sp³-hybridized carbons (Fsp3) is 0.364. The van der Waals surface area contributed by atoms with Gasteiger partial charge in [0, 0.05) is 11.5 Å². The Balaban J connectivity index is 3.20. The van der Waals surface area contributed by atoms with Crippen LogP contribution in [0, 0.1) is 5.92 Å². The highest BCUT2D eigenvalue weighted by molar-refractivity contribution is 5.98. The van der Waals surface area contributed by atoms with Gasteiger partial charge < -0.3 is 14.9 Å². The molecule has 0 atom stereocenters. The minimum atomic E-state index is -0.235. The van der Waals surface area contributed by atoms with Crippen molar-refractivity contribution >= 4 is 5.78 Å². The number of benzene rings is 1. The number of carbonyl (C=O) groups is 1. The first-order valence-corrected chi connectivity index (χ1v) is 4.61. The third kappa shape index (κ3) is 2.21. The molecule has 0 aliphatic rings. The molecule has 1 rings (SSSR count). The number of rotatable bonds is 3. The Morgan fingerprint density at radius 1 is 1.27 bits per heavy atom. The van der Waals surface area contributed by atoms with Crippen molar-refractivity contribution in [1.29, 1.82) is 0 Å². The zero-order chi connectivity index (χ0) is 11.6. The number of phenols is 2. The highest BCUT2D eigenvalue weighted by Gasteiger charge is 2.16. The van der Waals surface area contributed by atoms with Crippen LogP contribution in [-0.2, 0) is 0 Å². The van der Waals surface area contributed by atoms with E-state index in [1.54, 1.807) is 13.8 Å². The molecule has 4 nitrogen and oxygen atoms in total. The molecular formula is C11H14O4. The molecule has 0 unspecified atom stereocenters. The van der Waals surface area contributed by atoms with Gasteiger partial charge in [0.25, 0.3) is 0 Å². The maximum absolute atomic E-state index is 11.6. The summed E-state index contributed by atoms with van der Waals surface area (Å²) >= 11 is 0. The highest BCUT2D eigenvalue weighted by Crippen LogP contribution is 2.36. The van der Waals surface area contributed by atoms with E-state index in [1.807, 2.05) is 0 Å². The Labute approximate surface area is 88.1 Å². The van der Waals surface area contributed by atoms with Gasteiger partial charge >= 0.3 is 0 Å². The van der Waals surface area contributed by atoms with Crippen molar-refractivity contribution in [1.82, 2.24) is 0 Å². The number of phenolic OH excluding ortho intramolecular Hbond substituents is 2. The Morgan fingerprint density at radius 2 is 1.73 bits per heavy atom. The standard InChI is InChI=1S/C11H14O4/c1-6(2)10(14)7-4-8(12)11(15-3)9(13)5-7/h4-6,12-13H,1-3H3. The first-order valence-electron chi connectivity index (χ1n) is 4.61. The van der Waals surface area contributed by atoms with Gasteiger partial charge in [0.2, 0.25) is 5.75 Å². The second-order valence-electron chi connectivity index (χ2n) is 3.57. The summed E-state index contributed by atoms with van der Waals surface area (Å²) in [6, 6.07) is 2.59. The van der Waals surface area contributed by atoms with E-state index in [4.69, 9.17) is 4.74 Å². The molecule has 0 radical (unpaired) electrons. The maximum Gasteiger partial charge on any atom is 0.202 e. The van der Waals surface area contributed by atoms with Gasteiger partial charge in [-0.1, -0.05) is 13.8 Å². The fourth-order valence-electron chi connectivity index (χ4n) is 1.28. The number of methoxy groups -OCH3 is 1. The van der Waals surface area contributed by atoms with E-state index in [0.717, 1.165) is 0 Å². The third-order valence-electron chi connectivity index (χ3n) is 2.06. The topological polar surface area (TPSA) is 66.8 Å². The molecule has 0 spiro atoms. The fourth-order valence-corrected chi connectivity index (χ4v) is 1.28. The van der Waals surface area contributed by atoms with Crippen molar-refractivity contribution < 1.29 is 19.7 Å². The summed E-state index contributed by atoms with van der Waals surface area (Å²) < 4.78 is 4.76. The van der Waals surface area contributed by atoms with Crippen LogP contribution in [0.2, 0.25) is 0 Å². The summed E-state index contributed by atoms with van der Waals surface area (Å²) in [6.07, 6.45) is 0. The van der Waals surface area contributed by atoms with Crippen LogP contribution >= 0.6 is 0 Å². The van der Waals surface area contributed by atoms with Gasteiger partial charge in [-0.05, 0) is 12.1 Å². The van der Waals surface area contributed by atoms with Gasteiger partial charge in [-0.3, -0.25) is 4.79 Å². The van der Waals surface area contributed by atoms with E-state index in [-0.39, 0.29) is 34.5 Å². The molecule has 2 N–H and O–H groups in total. The Morgan fingerprint density at radius 3 is 2.07 bits per heavy atom. The van der Waals surface area contributed by atoms with Crippen LogP contribution in [0.15, 0.2) is 12.1 Å². The van der Waals surface area contributed by atoms with Crippen LogP contribution in [0.25, 0.3) is 0 Å². The number of hydrogen-bond acceptors (Lipinski definition) is 4. The number of ketones is 1. The van der Waals surface area contributed by atoms with E-state index in [1.165, 1.54) is 19.2 Å². The quantitative estimate of drug-likeness (QED) is 0.748. The lowest BCUT2D eigenvalue weighted by Gasteiger charge is -2.09. The van der Waals surface area contributed by atoms with Gasteiger partial charge in [-0.25, -0.2) is 0 Å². The van der Waals surface area contributed by atoms with Gasteiger partial charge in [-0.15, -0.1) is 0 Å². The van der Waals surface area contributed by atoms with Gasteiger partial charge in [0.15, 0.2) is 17.3 Å². The number of aromatic hydroxyl groups is 2. The van der Waals surface area contributed by atoms with Crippen molar-refractivity contribution in [2.45, 2.75) is 13.8 Å². The van der Waals surface area contributed by atoms with Crippen LogP contribution in [0.1, 0.15) is 24.2 Å². The number of hydrogen-bond donors (Lipinski definition) is 2. The molecule has 82 valence electrons. The lowest BCUT2D eigenvalue weighted by atomic mass is 10.0. The minimum Gasteiger partial charge on any atom is -0.504 e. The van der Waals surface area contributed by atoms with E-state index >= 15 is 0 Å². The lowest BCUT2D eigenvalue weighted by Crippen LogP contribution is -2.07. The Hall–Kier alpha value is -1.71. The smallest absolute Gasteiger partial charge is 0.202 e. The lowest BCUT2D eigenvalue weighted by molar-refractivity contribution is 0.0938. The maximum atomic E-state index is 11.6. The molecular weight excluding hydrogens is 196 g/mol. The zero-order valence-electron chi connectivity index (χ0n) is 8.94. The summed E-state index contributed by atoms with van der Waals surface area (Å²) in [5, 5.41) is 18.9. The van der Waals surface area contributed by atoms with Gasteiger partial charge in [0.05, 0.1) is 7.11 Å². The van der Waals surface area contributed by atoms with E-state index in [0.29, 0.717) is 0 Å². The molecule has 0 aromatic heterocycles. The molecule has 4 heteroatoms. The normalized spacial score (nSPS) is 10.4. The zero-order valence-corrected chi connectivity index (χ0v) is 8.94. The summed E-state index contributed by atoms with van der Waals surface area (Å²) in [6.45, 7) is 3.50. The van der Waals surface area contributed by atoms with Crippen molar-refractivity contribution in [2.24, 2.45) is 5.92 Å². The van der Waals surface area contributed by atoms with Crippen LogP contribution in [0.5, 0.6) is 17.2 Å². The van der Waals surface area contributed by atoms with Crippen molar-refractivity contribution in [3.63, 3.8) is 0 Å². The summed E-state index contributed by atoms with van der Waals surface area (Å²) in [7, 11) is 1.33. The van der Waals surface area contributed by atoms with Crippen molar-refractivity contribution in [3.8, 4) is 17.2 Å².